The second-order valence-corrected chi connectivity index (χ2v) is 7.39. The van der Waals surface area contributed by atoms with Crippen LogP contribution in [0.5, 0.6) is 0 Å². The van der Waals surface area contributed by atoms with Crippen molar-refractivity contribution in [3.05, 3.63) is 81.9 Å². The average Bonchev–Trinajstić information content (AvgIpc) is 3.16. The van der Waals surface area contributed by atoms with Gasteiger partial charge in [-0.3, -0.25) is 9.69 Å². The molecule has 1 aliphatic heterocycles. The zero-order valence-corrected chi connectivity index (χ0v) is 16.3. The number of aliphatic hydroxyl groups is 1. The van der Waals surface area contributed by atoms with Gasteiger partial charge in [-0.05, 0) is 29.2 Å². The van der Waals surface area contributed by atoms with Gasteiger partial charge < -0.3 is 10.0 Å². The van der Waals surface area contributed by atoms with Gasteiger partial charge >= 0.3 is 0 Å². The van der Waals surface area contributed by atoms with Gasteiger partial charge in [0.25, 0.3) is 5.91 Å². The number of amides is 1. The van der Waals surface area contributed by atoms with E-state index in [9.17, 15) is 9.90 Å². The number of carbonyl (C=O) groups is 1. The van der Waals surface area contributed by atoms with Gasteiger partial charge in [-0.2, -0.15) is 0 Å². The van der Waals surface area contributed by atoms with E-state index in [0.717, 1.165) is 31.1 Å². The molecule has 1 N–H and O–H groups in total. The largest absolute Gasteiger partial charge is 0.392 e. The molecule has 2 aromatic rings. The van der Waals surface area contributed by atoms with Crippen LogP contribution in [0.15, 0.2) is 65.2 Å². The molecule has 0 radical (unpaired) electrons. The topological polar surface area (TPSA) is 43.8 Å². The number of hydrogen-bond acceptors (Lipinski definition) is 3. The molecular weight excluding hydrogens is 360 g/mol. The Bertz CT molecular complexity index is 820. The van der Waals surface area contributed by atoms with Crippen molar-refractivity contribution < 1.29 is 9.90 Å². The molecule has 1 amide bonds. The Morgan fingerprint density at radius 1 is 1.15 bits per heavy atom. The number of hydrogen-bond donors (Lipinski definition) is 1. The van der Waals surface area contributed by atoms with Crippen molar-refractivity contribution in [3.8, 4) is 0 Å². The highest BCUT2D eigenvalue weighted by Gasteiger charge is 2.22. The number of aliphatic hydroxyl groups excluding tert-OH is 1. The molecule has 0 unspecified atom stereocenters. The number of halogens is 1. The number of nitrogens with zero attached hydrogens (tertiary/aromatic N) is 2. The maximum Gasteiger partial charge on any atom is 0.254 e. The summed E-state index contributed by atoms with van der Waals surface area (Å²) in [5.41, 5.74) is 3.65. The van der Waals surface area contributed by atoms with Crippen LogP contribution in [0.2, 0.25) is 0 Å². The van der Waals surface area contributed by atoms with Crippen LogP contribution in [0.1, 0.15) is 27.9 Å². The second-order valence-electron chi connectivity index (χ2n) is 6.93. The first kappa shape index (κ1) is 19.6. The Hall–Kier alpha value is -2.14. The first-order valence-corrected chi connectivity index (χ1v) is 9.53. The summed E-state index contributed by atoms with van der Waals surface area (Å²) in [7, 11) is 1.75. The van der Waals surface area contributed by atoms with Crippen LogP contribution >= 0.6 is 11.6 Å². The molecule has 142 valence electrons. The zero-order valence-electron chi connectivity index (χ0n) is 15.6. The highest BCUT2D eigenvalue weighted by molar-refractivity contribution is 6.30. The summed E-state index contributed by atoms with van der Waals surface area (Å²) in [5.74, 6) is -0.127. The molecular formula is C22H25ClN2O2. The fourth-order valence-electron chi connectivity index (χ4n) is 3.38. The third-order valence-electron chi connectivity index (χ3n) is 4.92. The van der Waals surface area contributed by atoms with Crippen LogP contribution < -0.4 is 0 Å². The summed E-state index contributed by atoms with van der Waals surface area (Å²) in [5, 5.41) is 10.2. The number of carbonyl (C=O) groups excluding carboxylic acids is 1. The summed E-state index contributed by atoms with van der Waals surface area (Å²) in [6.07, 6.45) is 0.931. The summed E-state index contributed by atoms with van der Waals surface area (Å²) in [6, 6.07) is 17.5. The summed E-state index contributed by atoms with van der Waals surface area (Å²) < 4.78 is 0. The van der Waals surface area contributed by atoms with Gasteiger partial charge in [-0.15, -0.1) is 0 Å². The van der Waals surface area contributed by atoms with Crippen molar-refractivity contribution in [2.24, 2.45) is 0 Å². The van der Waals surface area contributed by atoms with E-state index in [2.05, 4.69) is 29.2 Å². The molecule has 2 aromatic carbocycles. The van der Waals surface area contributed by atoms with Crippen molar-refractivity contribution in [1.82, 2.24) is 9.80 Å². The van der Waals surface area contributed by atoms with Crippen LogP contribution in [0.25, 0.3) is 0 Å². The van der Waals surface area contributed by atoms with Crippen molar-refractivity contribution >= 4 is 17.5 Å². The van der Waals surface area contributed by atoms with E-state index in [0.29, 0.717) is 17.7 Å². The average molecular weight is 385 g/mol. The van der Waals surface area contributed by atoms with Crippen LogP contribution in [-0.4, -0.2) is 47.5 Å². The minimum atomic E-state index is -0.154. The van der Waals surface area contributed by atoms with E-state index in [-0.39, 0.29) is 12.5 Å². The van der Waals surface area contributed by atoms with Gasteiger partial charge in [0, 0.05) is 37.3 Å². The summed E-state index contributed by atoms with van der Waals surface area (Å²) in [6.45, 7) is 2.95. The Balaban J connectivity index is 1.62. The predicted molar refractivity (Wildman–Crippen MR) is 109 cm³/mol. The minimum absolute atomic E-state index is 0.127. The Morgan fingerprint density at radius 2 is 1.85 bits per heavy atom. The van der Waals surface area contributed by atoms with E-state index in [1.807, 2.05) is 12.1 Å². The highest BCUT2D eigenvalue weighted by Crippen LogP contribution is 2.24. The number of benzene rings is 2. The fraction of sp³-hybridized carbons (Fsp3) is 0.318. The lowest BCUT2D eigenvalue weighted by atomic mass is 10.1. The second kappa shape index (κ2) is 9.18. The van der Waals surface area contributed by atoms with Gasteiger partial charge in [-0.1, -0.05) is 60.1 Å². The third-order valence-corrected chi connectivity index (χ3v) is 5.30. The number of likely N-dealkylation sites (tertiary alicyclic amines) is 1. The summed E-state index contributed by atoms with van der Waals surface area (Å²) in [4.78, 5) is 16.7. The molecule has 5 heteroatoms. The quantitative estimate of drug-likeness (QED) is 0.826. The van der Waals surface area contributed by atoms with E-state index < -0.39 is 0 Å². The van der Waals surface area contributed by atoms with Gasteiger partial charge in [0.2, 0.25) is 0 Å². The molecule has 3 rings (SSSR count). The van der Waals surface area contributed by atoms with Crippen molar-refractivity contribution in [3.63, 3.8) is 0 Å². The molecule has 1 saturated heterocycles. The van der Waals surface area contributed by atoms with Crippen LogP contribution in [0.3, 0.4) is 0 Å². The Kier molecular flexibility index (Phi) is 6.67. The first-order chi connectivity index (χ1) is 13.1. The molecule has 0 spiro atoms. The van der Waals surface area contributed by atoms with Crippen LogP contribution in [0.4, 0.5) is 0 Å². The van der Waals surface area contributed by atoms with Crippen LogP contribution in [0, 0.1) is 0 Å². The monoisotopic (exact) mass is 384 g/mol. The third kappa shape index (κ3) is 4.98. The molecule has 0 aliphatic carbocycles. The van der Waals surface area contributed by atoms with Crippen molar-refractivity contribution in [2.75, 3.05) is 26.7 Å². The lowest BCUT2D eigenvalue weighted by Crippen LogP contribution is -2.29. The zero-order chi connectivity index (χ0) is 19.2. The molecule has 1 fully saturated rings. The fourth-order valence-corrected chi connectivity index (χ4v) is 3.72. The van der Waals surface area contributed by atoms with Crippen molar-refractivity contribution in [2.45, 2.75) is 19.6 Å². The van der Waals surface area contributed by atoms with E-state index in [1.165, 1.54) is 11.1 Å². The molecule has 0 aromatic heterocycles. The molecule has 27 heavy (non-hydrogen) atoms. The molecule has 0 atom stereocenters. The molecule has 0 bridgehead atoms. The van der Waals surface area contributed by atoms with Gasteiger partial charge in [-0.25, -0.2) is 0 Å². The van der Waals surface area contributed by atoms with E-state index in [4.69, 9.17) is 11.6 Å². The minimum Gasteiger partial charge on any atom is -0.392 e. The highest BCUT2D eigenvalue weighted by atomic mass is 35.5. The number of likely N-dealkylation sites (N-methyl/N-ethyl adjacent to an activating group) is 1. The maximum atomic E-state index is 12.7. The molecule has 1 heterocycles. The molecule has 1 aliphatic rings. The molecule has 4 nitrogen and oxygen atoms in total. The SMILES string of the molecule is CN(C/C(Cl)=C1/CCN(Cc2ccccc2)C1)C(=O)c1ccccc1CO. The number of rotatable bonds is 6. The van der Waals surface area contributed by atoms with Crippen LogP contribution in [-0.2, 0) is 13.2 Å². The normalized spacial score (nSPS) is 16.4. The van der Waals surface area contributed by atoms with E-state index in [1.54, 1.807) is 30.1 Å². The van der Waals surface area contributed by atoms with Gasteiger partial charge in [0.05, 0.1) is 13.2 Å². The smallest absolute Gasteiger partial charge is 0.254 e. The predicted octanol–water partition coefficient (Wildman–Crippen LogP) is 3.65. The summed E-state index contributed by atoms with van der Waals surface area (Å²) >= 11 is 6.57. The van der Waals surface area contributed by atoms with E-state index >= 15 is 0 Å². The first-order valence-electron chi connectivity index (χ1n) is 9.15. The van der Waals surface area contributed by atoms with Gasteiger partial charge in [0.15, 0.2) is 0 Å². The Labute approximate surface area is 165 Å². The van der Waals surface area contributed by atoms with Crippen molar-refractivity contribution in [1.29, 1.82) is 0 Å². The standard InChI is InChI=1S/C22H25ClN2O2/c1-24(22(27)20-10-6-5-9-19(20)16-26)15-21(23)18-11-12-25(14-18)13-17-7-3-2-4-8-17/h2-10,26H,11-16H2,1H3/b21-18+. The lowest BCUT2D eigenvalue weighted by Gasteiger charge is -2.19. The lowest BCUT2D eigenvalue weighted by molar-refractivity contribution is 0.0805. The Morgan fingerprint density at radius 3 is 2.59 bits per heavy atom. The maximum absolute atomic E-state index is 12.7. The van der Waals surface area contributed by atoms with Gasteiger partial charge in [0.1, 0.15) is 0 Å². The molecule has 0 saturated carbocycles.